The zero-order valence-electron chi connectivity index (χ0n) is 22.4. The average molecular weight is 533 g/mol. The maximum absolute atomic E-state index is 12.3. The standard InChI is InChI=1S/C29H33ClN6O2/c1-19-28(21-10-6-7-11-25(21)36(19)4)22-13-15-31-29(33-22)34-24-18-23(32-27(37)12-14-30)20(17-26(24)38-5)9-8-16-35(2)3/h6-7,10-15,17-18H,8-9,16H2,1-5H3,(H,32,37)(H,31,33,34)/b14-12+. The second-order valence-corrected chi connectivity index (χ2v) is 9.58. The van der Waals surface area contributed by atoms with Gasteiger partial charge in [-0.25, -0.2) is 9.97 Å². The van der Waals surface area contributed by atoms with Gasteiger partial charge < -0.3 is 24.8 Å². The number of aryl methyl sites for hydroxylation is 2. The first-order valence-corrected chi connectivity index (χ1v) is 12.8. The zero-order valence-corrected chi connectivity index (χ0v) is 23.1. The lowest BCUT2D eigenvalue weighted by molar-refractivity contribution is -0.111. The molecule has 2 N–H and O–H groups in total. The van der Waals surface area contributed by atoms with Gasteiger partial charge in [-0.3, -0.25) is 4.79 Å². The third kappa shape index (κ3) is 5.98. The van der Waals surface area contributed by atoms with E-state index in [1.165, 1.54) is 11.6 Å². The predicted molar refractivity (Wildman–Crippen MR) is 155 cm³/mol. The van der Waals surface area contributed by atoms with Crippen molar-refractivity contribution in [1.82, 2.24) is 19.4 Å². The van der Waals surface area contributed by atoms with Crippen LogP contribution in [0.5, 0.6) is 5.75 Å². The molecule has 0 fully saturated rings. The van der Waals surface area contributed by atoms with E-state index in [0.717, 1.165) is 52.8 Å². The number of nitrogens with one attached hydrogen (secondary N) is 2. The molecule has 1 amide bonds. The van der Waals surface area contributed by atoms with Crippen LogP contribution in [-0.2, 0) is 18.3 Å². The summed E-state index contributed by atoms with van der Waals surface area (Å²) in [5.41, 5.74) is 7.62. The first-order valence-electron chi connectivity index (χ1n) is 12.4. The summed E-state index contributed by atoms with van der Waals surface area (Å²) in [6.45, 7) is 3.01. The Balaban J connectivity index is 1.71. The van der Waals surface area contributed by atoms with E-state index < -0.39 is 0 Å². The Labute approximate surface area is 228 Å². The molecular weight excluding hydrogens is 500 g/mol. The molecule has 4 rings (SSSR count). The molecule has 0 bridgehead atoms. The molecule has 0 radical (unpaired) electrons. The van der Waals surface area contributed by atoms with Crippen molar-refractivity contribution in [3.63, 3.8) is 0 Å². The Kier molecular flexibility index (Phi) is 8.66. The van der Waals surface area contributed by atoms with Crippen LogP contribution in [0.3, 0.4) is 0 Å². The molecule has 2 heterocycles. The van der Waals surface area contributed by atoms with Gasteiger partial charge in [-0.15, -0.1) is 0 Å². The maximum atomic E-state index is 12.3. The lowest BCUT2D eigenvalue weighted by Gasteiger charge is -2.17. The topological polar surface area (TPSA) is 84.3 Å². The first kappa shape index (κ1) is 27.2. The molecule has 0 saturated carbocycles. The monoisotopic (exact) mass is 532 g/mol. The molecule has 8 nitrogen and oxygen atoms in total. The Morgan fingerprint density at radius 2 is 1.97 bits per heavy atom. The molecule has 0 unspecified atom stereocenters. The highest BCUT2D eigenvalue weighted by Gasteiger charge is 2.17. The van der Waals surface area contributed by atoms with Crippen molar-refractivity contribution in [3.8, 4) is 17.0 Å². The van der Waals surface area contributed by atoms with E-state index in [1.807, 2.05) is 44.4 Å². The van der Waals surface area contributed by atoms with Gasteiger partial charge in [0, 0.05) is 52.7 Å². The molecule has 0 atom stereocenters. The summed E-state index contributed by atoms with van der Waals surface area (Å²) in [6, 6.07) is 14.0. The van der Waals surface area contributed by atoms with Crippen LogP contribution in [0.25, 0.3) is 22.2 Å². The maximum Gasteiger partial charge on any atom is 0.249 e. The summed E-state index contributed by atoms with van der Waals surface area (Å²) >= 11 is 5.62. The van der Waals surface area contributed by atoms with Crippen molar-refractivity contribution < 1.29 is 9.53 Å². The minimum atomic E-state index is -0.311. The van der Waals surface area contributed by atoms with E-state index in [2.05, 4.69) is 51.2 Å². The van der Waals surface area contributed by atoms with E-state index in [-0.39, 0.29) is 5.91 Å². The summed E-state index contributed by atoms with van der Waals surface area (Å²) in [6.07, 6.45) is 4.71. The molecule has 0 aliphatic rings. The lowest BCUT2D eigenvalue weighted by atomic mass is 10.0. The molecule has 0 spiro atoms. The smallest absolute Gasteiger partial charge is 0.249 e. The minimum Gasteiger partial charge on any atom is -0.495 e. The SMILES string of the molecule is COc1cc(CCCN(C)C)c(NC(=O)/C=C/Cl)cc1Nc1nccc(-c2c(C)n(C)c3ccccc23)n1. The van der Waals surface area contributed by atoms with Crippen molar-refractivity contribution in [2.45, 2.75) is 19.8 Å². The van der Waals surface area contributed by atoms with E-state index in [1.54, 1.807) is 13.3 Å². The van der Waals surface area contributed by atoms with Crippen LogP contribution in [0.1, 0.15) is 17.7 Å². The number of amides is 1. The fourth-order valence-electron chi connectivity index (χ4n) is 4.55. The predicted octanol–water partition coefficient (Wildman–Crippen LogP) is 5.88. The Morgan fingerprint density at radius 3 is 2.71 bits per heavy atom. The van der Waals surface area contributed by atoms with Gasteiger partial charge in [-0.05, 0) is 70.2 Å². The van der Waals surface area contributed by atoms with Gasteiger partial charge in [0.2, 0.25) is 11.9 Å². The summed E-state index contributed by atoms with van der Waals surface area (Å²) in [4.78, 5) is 23.8. The van der Waals surface area contributed by atoms with Gasteiger partial charge in [-0.1, -0.05) is 29.8 Å². The number of halogens is 1. The number of carbonyl (C=O) groups excluding carboxylic acids is 1. The number of nitrogens with zero attached hydrogens (tertiary/aromatic N) is 4. The van der Waals surface area contributed by atoms with E-state index in [0.29, 0.717) is 23.1 Å². The van der Waals surface area contributed by atoms with Crippen molar-refractivity contribution >= 4 is 45.7 Å². The molecule has 38 heavy (non-hydrogen) atoms. The van der Waals surface area contributed by atoms with E-state index in [4.69, 9.17) is 21.3 Å². The Morgan fingerprint density at radius 1 is 1.18 bits per heavy atom. The van der Waals surface area contributed by atoms with Gasteiger partial charge in [0.1, 0.15) is 5.75 Å². The molecule has 0 saturated heterocycles. The van der Waals surface area contributed by atoms with E-state index >= 15 is 0 Å². The van der Waals surface area contributed by atoms with Gasteiger partial charge in [-0.2, -0.15) is 0 Å². The number of para-hydroxylation sites is 1. The number of methoxy groups -OCH3 is 1. The van der Waals surface area contributed by atoms with Crippen molar-refractivity contribution in [2.24, 2.45) is 7.05 Å². The highest BCUT2D eigenvalue weighted by atomic mass is 35.5. The lowest BCUT2D eigenvalue weighted by Crippen LogP contribution is -2.15. The second kappa shape index (κ2) is 12.1. The molecule has 2 aromatic heterocycles. The number of hydrogen-bond acceptors (Lipinski definition) is 6. The van der Waals surface area contributed by atoms with Crippen LogP contribution >= 0.6 is 11.6 Å². The number of ether oxygens (including phenoxy) is 1. The number of hydrogen-bond donors (Lipinski definition) is 2. The van der Waals surface area contributed by atoms with Crippen LogP contribution in [0.15, 0.2) is 60.3 Å². The number of rotatable bonds is 10. The number of aromatic nitrogens is 3. The van der Waals surface area contributed by atoms with Gasteiger partial charge in [0.15, 0.2) is 0 Å². The number of anilines is 3. The van der Waals surface area contributed by atoms with Crippen LogP contribution in [0.2, 0.25) is 0 Å². The zero-order chi connectivity index (χ0) is 27.2. The molecule has 0 aliphatic carbocycles. The number of fused-ring (bicyclic) bond motifs is 1. The van der Waals surface area contributed by atoms with Gasteiger partial charge in [0.05, 0.1) is 18.5 Å². The molecule has 2 aromatic carbocycles. The summed E-state index contributed by atoms with van der Waals surface area (Å²) < 4.78 is 7.88. The highest BCUT2D eigenvalue weighted by Crippen LogP contribution is 2.36. The van der Waals surface area contributed by atoms with Crippen LogP contribution < -0.4 is 15.4 Å². The third-order valence-corrected chi connectivity index (χ3v) is 6.63. The molecule has 0 aliphatic heterocycles. The quantitative estimate of drug-likeness (QED) is 0.248. The van der Waals surface area contributed by atoms with Crippen LogP contribution in [0.4, 0.5) is 17.3 Å². The second-order valence-electron chi connectivity index (χ2n) is 9.33. The van der Waals surface area contributed by atoms with Crippen molar-refractivity contribution in [1.29, 1.82) is 0 Å². The largest absolute Gasteiger partial charge is 0.495 e. The Hall–Kier alpha value is -3.88. The molecule has 198 valence electrons. The van der Waals surface area contributed by atoms with Crippen LogP contribution in [0, 0.1) is 6.92 Å². The summed E-state index contributed by atoms with van der Waals surface area (Å²) in [5, 5.41) is 7.36. The number of benzene rings is 2. The first-order chi connectivity index (χ1) is 18.3. The fourth-order valence-corrected chi connectivity index (χ4v) is 4.67. The van der Waals surface area contributed by atoms with Crippen molar-refractivity contribution in [3.05, 3.63) is 71.5 Å². The number of carbonyl (C=O) groups is 1. The molecule has 4 aromatic rings. The van der Waals surface area contributed by atoms with Crippen molar-refractivity contribution in [2.75, 3.05) is 38.4 Å². The Bertz CT molecular complexity index is 1480. The average Bonchev–Trinajstić information content (AvgIpc) is 3.15. The van der Waals surface area contributed by atoms with Gasteiger partial charge >= 0.3 is 0 Å². The van der Waals surface area contributed by atoms with Crippen LogP contribution in [-0.4, -0.2) is 53.1 Å². The third-order valence-electron chi connectivity index (χ3n) is 6.51. The molecular formula is C29H33ClN6O2. The van der Waals surface area contributed by atoms with E-state index in [9.17, 15) is 4.79 Å². The normalized spacial score (nSPS) is 11.4. The summed E-state index contributed by atoms with van der Waals surface area (Å²) in [5.74, 6) is 0.743. The highest BCUT2D eigenvalue weighted by molar-refractivity contribution is 6.27. The molecule has 9 heteroatoms. The fraction of sp³-hybridized carbons (Fsp3) is 0.276. The van der Waals surface area contributed by atoms with Gasteiger partial charge in [0.25, 0.3) is 0 Å². The summed E-state index contributed by atoms with van der Waals surface area (Å²) in [7, 11) is 7.75. The minimum absolute atomic E-state index is 0.311.